The van der Waals surface area contributed by atoms with Crippen LogP contribution in [0.4, 0.5) is 5.69 Å². The van der Waals surface area contributed by atoms with Gasteiger partial charge in [0.25, 0.3) is 5.56 Å². The molecule has 0 aliphatic heterocycles. The van der Waals surface area contributed by atoms with Gasteiger partial charge in [0.1, 0.15) is 4.47 Å². The molecule has 1 aromatic rings. The number of hydrogen-bond donors (Lipinski definition) is 1. The molecule has 1 fully saturated rings. The van der Waals surface area contributed by atoms with Crippen molar-refractivity contribution in [3.63, 3.8) is 0 Å². The van der Waals surface area contributed by atoms with Crippen molar-refractivity contribution in [1.29, 1.82) is 0 Å². The van der Waals surface area contributed by atoms with Gasteiger partial charge in [-0.2, -0.15) is 5.10 Å². The van der Waals surface area contributed by atoms with Crippen LogP contribution in [0.15, 0.2) is 27.1 Å². The van der Waals surface area contributed by atoms with Crippen LogP contribution in [0, 0.1) is 5.92 Å². The summed E-state index contributed by atoms with van der Waals surface area (Å²) < 4.78 is 2.18. The summed E-state index contributed by atoms with van der Waals surface area (Å²) >= 11 is 3.40. The molecule has 0 amide bonds. The first-order valence-electron chi connectivity index (χ1n) is 7.41. The maximum atomic E-state index is 12.2. The van der Waals surface area contributed by atoms with Gasteiger partial charge in [0.05, 0.1) is 11.9 Å². The maximum Gasteiger partial charge on any atom is 0.283 e. The molecule has 5 heteroatoms. The van der Waals surface area contributed by atoms with Crippen molar-refractivity contribution in [3.8, 4) is 0 Å². The lowest BCUT2D eigenvalue weighted by Crippen LogP contribution is -2.25. The van der Waals surface area contributed by atoms with E-state index in [0.717, 1.165) is 25.2 Å². The van der Waals surface area contributed by atoms with Gasteiger partial charge in [0, 0.05) is 13.1 Å². The van der Waals surface area contributed by atoms with Crippen LogP contribution in [-0.2, 0) is 6.54 Å². The quantitative estimate of drug-likeness (QED) is 0.810. The van der Waals surface area contributed by atoms with Crippen LogP contribution in [0.3, 0.4) is 0 Å². The van der Waals surface area contributed by atoms with Crippen LogP contribution in [0.1, 0.15) is 38.5 Å². The lowest BCUT2D eigenvalue weighted by Gasteiger charge is -2.10. The molecule has 0 atom stereocenters. The minimum absolute atomic E-state index is 0.0259. The molecule has 0 unspecified atom stereocenters. The monoisotopic (exact) mass is 337 g/mol. The van der Waals surface area contributed by atoms with Gasteiger partial charge in [-0.3, -0.25) is 4.79 Å². The van der Waals surface area contributed by atoms with Gasteiger partial charge in [-0.05, 0) is 60.4 Å². The topological polar surface area (TPSA) is 46.9 Å². The van der Waals surface area contributed by atoms with Crippen molar-refractivity contribution in [2.45, 2.75) is 45.1 Å². The Kier molecular flexibility index (Phi) is 4.24. The van der Waals surface area contributed by atoms with Crippen molar-refractivity contribution in [3.05, 3.63) is 32.7 Å². The molecule has 1 N–H and O–H groups in total. The highest BCUT2D eigenvalue weighted by Crippen LogP contribution is 2.30. The molecule has 2 aliphatic carbocycles. The minimum Gasteiger partial charge on any atom is -0.382 e. The lowest BCUT2D eigenvalue weighted by atomic mass is 10.2. The number of nitrogens with zero attached hydrogens (tertiary/aromatic N) is 2. The van der Waals surface area contributed by atoms with E-state index in [1.807, 2.05) is 0 Å². The second-order valence-electron chi connectivity index (χ2n) is 5.73. The van der Waals surface area contributed by atoms with Crippen LogP contribution in [0.5, 0.6) is 0 Å². The third-order valence-corrected chi connectivity index (χ3v) is 4.78. The molecule has 4 nitrogen and oxygen atoms in total. The summed E-state index contributed by atoms with van der Waals surface area (Å²) in [5.74, 6) is 0.653. The molecule has 0 spiro atoms. The molecular weight excluding hydrogens is 318 g/mol. The van der Waals surface area contributed by atoms with Gasteiger partial charge < -0.3 is 5.32 Å². The van der Waals surface area contributed by atoms with E-state index < -0.39 is 0 Å². The highest BCUT2D eigenvalue weighted by molar-refractivity contribution is 9.10. The SMILES string of the molecule is O=c1c(Br)c(NCCC2=CCCC2)cnn1CC1CC1. The molecule has 0 bridgehead atoms. The standard InChI is InChI=1S/C15H20BrN3O/c16-14-13(17-8-7-11-3-1-2-4-11)9-18-19(15(14)20)10-12-5-6-12/h3,9,12,17H,1-2,4-8,10H2. The number of rotatable bonds is 6. The van der Waals surface area contributed by atoms with Crippen LogP contribution in [-0.4, -0.2) is 16.3 Å². The van der Waals surface area contributed by atoms with Crippen LogP contribution < -0.4 is 10.9 Å². The summed E-state index contributed by atoms with van der Waals surface area (Å²) in [6.45, 7) is 1.61. The third kappa shape index (κ3) is 3.32. The molecule has 1 aromatic heterocycles. The molecule has 0 aromatic carbocycles. The van der Waals surface area contributed by atoms with Crippen LogP contribution >= 0.6 is 15.9 Å². The number of allylic oxidation sites excluding steroid dienone is 1. The van der Waals surface area contributed by atoms with Crippen molar-refractivity contribution in [2.24, 2.45) is 5.92 Å². The van der Waals surface area contributed by atoms with Gasteiger partial charge in [0.15, 0.2) is 0 Å². The highest BCUT2D eigenvalue weighted by atomic mass is 79.9. The van der Waals surface area contributed by atoms with Gasteiger partial charge in [-0.1, -0.05) is 11.6 Å². The van der Waals surface area contributed by atoms with E-state index in [1.165, 1.54) is 37.7 Å². The van der Waals surface area contributed by atoms with Crippen molar-refractivity contribution >= 4 is 21.6 Å². The first-order valence-corrected chi connectivity index (χ1v) is 8.21. The van der Waals surface area contributed by atoms with E-state index in [-0.39, 0.29) is 5.56 Å². The van der Waals surface area contributed by atoms with E-state index in [4.69, 9.17) is 0 Å². The molecule has 1 saturated carbocycles. The molecule has 2 aliphatic rings. The molecule has 0 radical (unpaired) electrons. The Morgan fingerprint density at radius 1 is 1.45 bits per heavy atom. The first-order chi connectivity index (χ1) is 9.74. The number of nitrogens with one attached hydrogen (secondary N) is 1. The summed E-state index contributed by atoms with van der Waals surface area (Å²) in [7, 11) is 0. The van der Waals surface area contributed by atoms with E-state index >= 15 is 0 Å². The molecule has 0 saturated heterocycles. The summed E-state index contributed by atoms with van der Waals surface area (Å²) in [6, 6.07) is 0. The molecule has 3 rings (SSSR count). The average molecular weight is 338 g/mol. The van der Waals surface area contributed by atoms with E-state index in [1.54, 1.807) is 10.9 Å². The fraction of sp³-hybridized carbons (Fsp3) is 0.600. The summed E-state index contributed by atoms with van der Waals surface area (Å²) in [5, 5.41) is 7.58. The number of anilines is 1. The zero-order valence-corrected chi connectivity index (χ0v) is 13.2. The molecule has 20 heavy (non-hydrogen) atoms. The van der Waals surface area contributed by atoms with Gasteiger partial charge in [0.2, 0.25) is 0 Å². The fourth-order valence-corrected chi connectivity index (χ4v) is 3.03. The summed E-state index contributed by atoms with van der Waals surface area (Å²) in [5.41, 5.74) is 2.31. The van der Waals surface area contributed by atoms with E-state index in [0.29, 0.717) is 10.4 Å². The Morgan fingerprint density at radius 3 is 3.00 bits per heavy atom. The van der Waals surface area contributed by atoms with Gasteiger partial charge in [-0.15, -0.1) is 0 Å². The van der Waals surface area contributed by atoms with E-state index in [9.17, 15) is 4.79 Å². The molecule has 108 valence electrons. The van der Waals surface area contributed by atoms with Gasteiger partial charge >= 0.3 is 0 Å². The Hall–Kier alpha value is -1.10. The average Bonchev–Trinajstić information content (AvgIpc) is 3.11. The smallest absolute Gasteiger partial charge is 0.283 e. The third-order valence-electron chi connectivity index (χ3n) is 4.01. The minimum atomic E-state index is -0.0259. The number of aromatic nitrogens is 2. The van der Waals surface area contributed by atoms with Crippen LogP contribution in [0.2, 0.25) is 0 Å². The Balaban J connectivity index is 1.61. The van der Waals surface area contributed by atoms with Crippen molar-refractivity contribution in [1.82, 2.24) is 9.78 Å². The number of hydrogen-bond acceptors (Lipinski definition) is 3. The normalized spacial score (nSPS) is 18.1. The molecular formula is C15H20BrN3O. The predicted molar refractivity (Wildman–Crippen MR) is 84.0 cm³/mol. The lowest BCUT2D eigenvalue weighted by molar-refractivity contribution is 0.532. The zero-order chi connectivity index (χ0) is 13.9. The molecule has 1 heterocycles. The van der Waals surface area contributed by atoms with Gasteiger partial charge in [-0.25, -0.2) is 4.68 Å². The zero-order valence-electron chi connectivity index (χ0n) is 11.6. The second kappa shape index (κ2) is 6.12. The summed E-state index contributed by atoms with van der Waals surface area (Å²) in [6.07, 6.45) is 11.3. The summed E-state index contributed by atoms with van der Waals surface area (Å²) in [4.78, 5) is 12.2. The largest absolute Gasteiger partial charge is 0.382 e. The maximum absolute atomic E-state index is 12.2. The highest BCUT2D eigenvalue weighted by Gasteiger charge is 2.23. The fourth-order valence-electron chi connectivity index (χ4n) is 2.59. The van der Waals surface area contributed by atoms with Crippen molar-refractivity contribution in [2.75, 3.05) is 11.9 Å². The Morgan fingerprint density at radius 2 is 2.30 bits per heavy atom. The first kappa shape index (κ1) is 13.9. The Bertz CT molecular complexity index is 575. The van der Waals surface area contributed by atoms with Crippen molar-refractivity contribution < 1.29 is 0 Å². The number of halogens is 1. The Labute approximate surface area is 127 Å². The van der Waals surface area contributed by atoms with E-state index in [2.05, 4.69) is 32.4 Å². The van der Waals surface area contributed by atoms with Crippen LogP contribution in [0.25, 0.3) is 0 Å². The predicted octanol–water partition coefficient (Wildman–Crippen LogP) is 3.33. The second-order valence-corrected chi connectivity index (χ2v) is 6.53.